The molecule has 5 heteroatoms. The number of hydrogen-bond donors (Lipinski definition) is 0. The largest absolute Gasteiger partial charge is 0.490 e. The lowest BCUT2D eigenvalue weighted by atomic mass is 9.75. The predicted octanol–water partition coefficient (Wildman–Crippen LogP) is 2.85. The average molecular weight is 286 g/mol. The van der Waals surface area contributed by atoms with Gasteiger partial charge in [-0.05, 0) is 51.7 Å². The molecule has 0 N–H and O–H groups in total. The number of hydrogen-bond acceptors (Lipinski definition) is 4. The quantitative estimate of drug-likeness (QED) is 0.783. The molecule has 1 aromatic heterocycles. The number of aromatic nitrogens is 1. The molecule has 112 valence electrons. The maximum absolute atomic E-state index is 6.12. The number of rotatable bonds is 2. The number of nitrogens with zero attached hydrogens (tertiary/aromatic N) is 2. The van der Waals surface area contributed by atoms with Crippen molar-refractivity contribution in [2.45, 2.75) is 45.3 Å². The summed E-state index contributed by atoms with van der Waals surface area (Å²) >= 11 is 0. The first-order valence-electron chi connectivity index (χ1n) is 7.60. The van der Waals surface area contributed by atoms with Crippen LogP contribution >= 0.6 is 0 Å². The van der Waals surface area contributed by atoms with Crippen LogP contribution in [0, 0.1) is 0 Å². The molecule has 2 aliphatic rings. The van der Waals surface area contributed by atoms with Gasteiger partial charge in [0.25, 0.3) is 0 Å². The summed E-state index contributed by atoms with van der Waals surface area (Å²) in [4.78, 5) is 6.68. The van der Waals surface area contributed by atoms with Gasteiger partial charge in [-0.1, -0.05) is 12.1 Å². The molecule has 1 fully saturated rings. The maximum atomic E-state index is 6.12. The minimum Gasteiger partial charge on any atom is -0.400 e. The lowest BCUT2D eigenvalue weighted by Crippen LogP contribution is -2.41. The molecular formula is C16H23BN2O2. The van der Waals surface area contributed by atoms with Crippen molar-refractivity contribution in [2.24, 2.45) is 0 Å². The first-order chi connectivity index (χ1) is 9.89. The Balaban J connectivity index is 1.69. The fourth-order valence-corrected chi connectivity index (χ4v) is 2.64. The molecule has 0 saturated carbocycles. The SMILES string of the molecule is CC1(C)OB(C2=CCN(c3ccccn3)CC2)OC1(C)C. The van der Waals surface area contributed by atoms with E-state index in [4.69, 9.17) is 9.31 Å². The van der Waals surface area contributed by atoms with Crippen molar-refractivity contribution >= 4 is 12.9 Å². The lowest BCUT2D eigenvalue weighted by Gasteiger charge is -2.32. The smallest absolute Gasteiger partial charge is 0.400 e. The Morgan fingerprint density at radius 1 is 1.14 bits per heavy atom. The van der Waals surface area contributed by atoms with E-state index in [0.29, 0.717) is 0 Å². The predicted molar refractivity (Wildman–Crippen MR) is 85.2 cm³/mol. The summed E-state index contributed by atoms with van der Waals surface area (Å²) in [6, 6.07) is 6.02. The second kappa shape index (κ2) is 5.14. The number of anilines is 1. The zero-order valence-electron chi connectivity index (χ0n) is 13.3. The van der Waals surface area contributed by atoms with Crippen LogP contribution in [0.5, 0.6) is 0 Å². The van der Waals surface area contributed by atoms with Crippen molar-refractivity contribution < 1.29 is 9.31 Å². The van der Waals surface area contributed by atoms with Crippen LogP contribution < -0.4 is 4.90 Å². The van der Waals surface area contributed by atoms with E-state index in [9.17, 15) is 0 Å². The van der Waals surface area contributed by atoms with Gasteiger partial charge in [0.15, 0.2) is 0 Å². The first-order valence-corrected chi connectivity index (χ1v) is 7.60. The first kappa shape index (κ1) is 14.6. The maximum Gasteiger partial charge on any atom is 0.490 e. The summed E-state index contributed by atoms with van der Waals surface area (Å²) in [5.41, 5.74) is 0.716. The van der Waals surface area contributed by atoms with Crippen LogP contribution in [0.15, 0.2) is 35.9 Å². The third-order valence-electron chi connectivity index (χ3n) is 4.77. The molecule has 2 aliphatic heterocycles. The van der Waals surface area contributed by atoms with Crippen molar-refractivity contribution in [3.05, 3.63) is 35.9 Å². The average Bonchev–Trinajstić information content (AvgIpc) is 2.69. The van der Waals surface area contributed by atoms with Gasteiger partial charge in [0, 0.05) is 19.3 Å². The van der Waals surface area contributed by atoms with Gasteiger partial charge in [0.1, 0.15) is 5.82 Å². The second-order valence-electron chi connectivity index (χ2n) is 6.75. The second-order valence-corrected chi connectivity index (χ2v) is 6.75. The van der Waals surface area contributed by atoms with Gasteiger partial charge in [0.2, 0.25) is 0 Å². The van der Waals surface area contributed by atoms with E-state index in [2.05, 4.69) is 43.7 Å². The molecule has 1 saturated heterocycles. The van der Waals surface area contributed by atoms with E-state index >= 15 is 0 Å². The molecule has 0 radical (unpaired) electrons. The highest BCUT2D eigenvalue weighted by Crippen LogP contribution is 2.39. The zero-order valence-corrected chi connectivity index (χ0v) is 13.3. The molecule has 0 amide bonds. The highest BCUT2D eigenvalue weighted by atomic mass is 16.7. The van der Waals surface area contributed by atoms with Gasteiger partial charge in [-0.15, -0.1) is 0 Å². The van der Waals surface area contributed by atoms with E-state index in [-0.39, 0.29) is 18.3 Å². The molecule has 0 atom stereocenters. The van der Waals surface area contributed by atoms with Gasteiger partial charge < -0.3 is 14.2 Å². The Kier molecular flexibility index (Phi) is 3.58. The molecule has 21 heavy (non-hydrogen) atoms. The van der Waals surface area contributed by atoms with Crippen LogP contribution in [-0.4, -0.2) is 36.4 Å². The molecule has 0 unspecified atom stereocenters. The van der Waals surface area contributed by atoms with Crippen LogP contribution in [0.2, 0.25) is 0 Å². The molecule has 1 aromatic rings. The van der Waals surface area contributed by atoms with Gasteiger partial charge >= 0.3 is 7.12 Å². The summed E-state index contributed by atoms with van der Waals surface area (Å²) in [7, 11) is -0.208. The molecule has 0 bridgehead atoms. The Morgan fingerprint density at radius 2 is 1.86 bits per heavy atom. The van der Waals surface area contributed by atoms with Crippen molar-refractivity contribution in [1.82, 2.24) is 4.98 Å². The van der Waals surface area contributed by atoms with Crippen LogP contribution in [0.25, 0.3) is 0 Å². The standard InChI is InChI=1S/C16H23BN2O2/c1-15(2)16(3,4)21-17(20-15)13-8-11-19(12-9-13)14-7-5-6-10-18-14/h5-8,10H,9,11-12H2,1-4H3. The normalized spacial score (nSPS) is 24.1. The van der Waals surface area contributed by atoms with E-state index in [0.717, 1.165) is 25.3 Å². The van der Waals surface area contributed by atoms with Crippen LogP contribution in [0.4, 0.5) is 5.82 Å². The zero-order chi connectivity index (χ0) is 15.1. The van der Waals surface area contributed by atoms with Crippen molar-refractivity contribution in [2.75, 3.05) is 18.0 Å². The van der Waals surface area contributed by atoms with Gasteiger partial charge in [0.05, 0.1) is 11.2 Å². The molecule has 0 aliphatic carbocycles. The van der Waals surface area contributed by atoms with Crippen molar-refractivity contribution in [3.8, 4) is 0 Å². The van der Waals surface area contributed by atoms with Crippen molar-refractivity contribution in [1.29, 1.82) is 0 Å². The Labute approximate surface area is 127 Å². The summed E-state index contributed by atoms with van der Waals surface area (Å²) < 4.78 is 12.2. The minimum absolute atomic E-state index is 0.208. The highest BCUT2D eigenvalue weighted by molar-refractivity contribution is 6.54. The fourth-order valence-electron chi connectivity index (χ4n) is 2.64. The summed E-state index contributed by atoms with van der Waals surface area (Å²) in [5.74, 6) is 1.03. The van der Waals surface area contributed by atoms with Crippen LogP contribution in [-0.2, 0) is 9.31 Å². The molecule has 0 spiro atoms. The lowest BCUT2D eigenvalue weighted by molar-refractivity contribution is 0.00578. The Hall–Kier alpha value is -1.33. The molecule has 3 rings (SSSR count). The van der Waals surface area contributed by atoms with E-state index in [1.165, 1.54) is 5.47 Å². The summed E-state index contributed by atoms with van der Waals surface area (Å²) in [5, 5.41) is 0. The summed E-state index contributed by atoms with van der Waals surface area (Å²) in [6.45, 7) is 10.2. The third kappa shape index (κ3) is 2.72. The van der Waals surface area contributed by atoms with Gasteiger partial charge in [-0.25, -0.2) is 4.98 Å². The fraction of sp³-hybridized carbons (Fsp3) is 0.562. The van der Waals surface area contributed by atoms with E-state index in [1.807, 2.05) is 24.4 Å². The number of pyridine rings is 1. The van der Waals surface area contributed by atoms with E-state index < -0.39 is 0 Å². The Morgan fingerprint density at radius 3 is 2.38 bits per heavy atom. The van der Waals surface area contributed by atoms with Crippen LogP contribution in [0.1, 0.15) is 34.1 Å². The van der Waals surface area contributed by atoms with Crippen molar-refractivity contribution in [3.63, 3.8) is 0 Å². The molecule has 3 heterocycles. The summed E-state index contributed by atoms with van der Waals surface area (Å²) in [6.07, 6.45) is 5.01. The molecular weight excluding hydrogens is 263 g/mol. The monoisotopic (exact) mass is 286 g/mol. The highest BCUT2D eigenvalue weighted by Gasteiger charge is 2.52. The van der Waals surface area contributed by atoms with Gasteiger partial charge in [-0.2, -0.15) is 0 Å². The minimum atomic E-state index is -0.267. The van der Waals surface area contributed by atoms with Crippen LogP contribution in [0.3, 0.4) is 0 Å². The topological polar surface area (TPSA) is 34.6 Å². The Bertz CT molecular complexity index is 526. The van der Waals surface area contributed by atoms with E-state index in [1.54, 1.807) is 0 Å². The molecule has 0 aromatic carbocycles. The van der Waals surface area contributed by atoms with Gasteiger partial charge in [-0.3, -0.25) is 0 Å². The molecule has 4 nitrogen and oxygen atoms in total. The third-order valence-corrected chi connectivity index (χ3v) is 4.77.